The molecule has 6 heteroatoms. The number of carbonyl (C=O) groups excluding carboxylic acids is 2. The van der Waals surface area contributed by atoms with E-state index >= 15 is 0 Å². The van der Waals surface area contributed by atoms with E-state index in [9.17, 15) is 19.5 Å². The van der Waals surface area contributed by atoms with Crippen molar-refractivity contribution in [2.75, 3.05) is 18.8 Å². The van der Waals surface area contributed by atoms with Gasteiger partial charge in [0.05, 0.1) is 0 Å². The van der Waals surface area contributed by atoms with Crippen LogP contribution in [0.5, 0.6) is 0 Å². The second-order valence-corrected chi connectivity index (χ2v) is 9.73. The Hall–Kier alpha value is -1.04. The summed E-state index contributed by atoms with van der Waals surface area (Å²) in [5.41, 5.74) is 0.378. The standard InChI is InChI=1S/C19H31NO4S/c1-11(10-25-13(3)21)18(24)20(9-17(22)23)8-14-6-15-7-16(12(14)2)19(15,4)5/h11-12,14-16H,6-10H2,1-5H3,(H,22,23). The molecule has 0 heterocycles. The summed E-state index contributed by atoms with van der Waals surface area (Å²) in [6, 6.07) is 0. The van der Waals surface area contributed by atoms with Crippen LogP contribution in [0.15, 0.2) is 0 Å². The fraction of sp³-hybridized carbons (Fsp3) is 0.842. The minimum Gasteiger partial charge on any atom is -0.480 e. The minimum absolute atomic E-state index is 0.0207. The van der Waals surface area contributed by atoms with Crippen molar-refractivity contribution in [1.82, 2.24) is 4.90 Å². The maximum absolute atomic E-state index is 12.7. The Labute approximate surface area is 154 Å². The zero-order chi connectivity index (χ0) is 18.9. The molecule has 5 unspecified atom stereocenters. The highest BCUT2D eigenvalue weighted by Crippen LogP contribution is 2.62. The van der Waals surface area contributed by atoms with Crippen molar-refractivity contribution in [3.63, 3.8) is 0 Å². The molecule has 5 nitrogen and oxygen atoms in total. The third-order valence-electron chi connectivity index (χ3n) is 6.56. The lowest BCUT2D eigenvalue weighted by atomic mass is 9.43. The first kappa shape index (κ1) is 20.3. The molecule has 3 aliphatic rings. The van der Waals surface area contributed by atoms with Crippen molar-refractivity contribution in [1.29, 1.82) is 0 Å². The summed E-state index contributed by atoms with van der Waals surface area (Å²) in [6.45, 7) is 10.4. The second-order valence-electron chi connectivity index (χ2n) is 8.53. The molecule has 3 fully saturated rings. The van der Waals surface area contributed by atoms with Gasteiger partial charge in [-0.2, -0.15) is 0 Å². The van der Waals surface area contributed by atoms with Gasteiger partial charge in [0.25, 0.3) is 0 Å². The molecule has 3 rings (SSSR count). The average molecular weight is 370 g/mol. The van der Waals surface area contributed by atoms with Crippen LogP contribution in [0, 0.1) is 35.0 Å². The van der Waals surface area contributed by atoms with Gasteiger partial charge in [-0.1, -0.05) is 39.5 Å². The minimum atomic E-state index is -0.978. The van der Waals surface area contributed by atoms with Crippen LogP contribution in [0.4, 0.5) is 0 Å². The first-order valence-corrected chi connectivity index (χ1v) is 10.2. The van der Waals surface area contributed by atoms with Crippen LogP contribution >= 0.6 is 11.8 Å². The number of amides is 1. The van der Waals surface area contributed by atoms with Gasteiger partial charge >= 0.3 is 5.97 Å². The van der Waals surface area contributed by atoms with E-state index in [2.05, 4.69) is 20.8 Å². The Morgan fingerprint density at radius 1 is 1.28 bits per heavy atom. The molecule has 0 aliphatic heterocycles. The summed E-state index contributed by atoms with van der Waals surface area (Å²) in [6.07, 6.45) is 2.34. The predicted octanol–water partition coefficient (Wildman–Crippen LogP) is 3.13. The van der Waals surface area contributed by atoms with E-state index < -0.39 is 5.97 Å². The van der Waals surface area contributed by atoms with Crippen molar-refractivity contribution in [3.8, 4) is 0 Å². The van der Waals surface area contributed by atoms with Crippen LogP contribution in [-0.4, -0.2) is 45.8 Å². The van der Waals surface area contributed by atoms with Gasteiger partial charge in [0.2, 0.25) is 5.91 Å². The largest absolute Gasteiger partial charge is 0.480 e. The Bertz CT molecular complexity index is 548. The zero-order valence-electron chi connectivity index (χ0n) is 15.9. The Balaban J connectivity index is 2.02. The molecule has 0 aromatic rings. The summed E-state index contributed by atoms with van der Waals surface area (Å²) in [5, 5.41) is 9.20. The van der Waals surface area contributed by atoms with Crippen molar-refractivity contribution < 1.29 is 19.5 Å². The number of rotatable bonds is 7. The molecule has 0 aromatic heterocycles. The molecule has 2 bridgehead atoms. The molecule has 0 saturated heterocycles. The summed E-state index contributed by atoms with van der Waals surface area (Å²) >= 11 is 1.12. The molecule has 3 aliphatic carbocycles. The van der Waals surface area contributed by atoms with E-state index in [4.69, 9.17) is 0 Å². The Morgan fingerprint density at radius 3 is 2.40 bits per heavy atom. The molecular formula is C19H31NO4S. The number of hydrogen-bond donors (Lipinski definition) is 1. The predicted molar refractivity (Wildman–Crippen MR) is 99.2 cm³/mol. The molecule has 0 radical (unpaired) electrons. The van der Waals surface area contributed by atoms with Gasteiger partial charge in [-0.25, -0.2) is 0 Å². The van der Waals surface area contributed by atoms with Crippen LogP contribution in [0.25, 0.3) is 0 Å². The quantitative estimate of drug-likeness (QED) is 0.746. The number of hydrogen-bond acceptors (Lipinski definition) is 4. The van der Waals surface area contributed by atoms with Crippen molar-refractivity contribution in [2.24, 2.45) is 35.0 Å². The number of aliphatic carboxylic acids is 1. The monoisotopic (exact) mass is 369 g/mol. The van der Waals surface area contributed by atoms with E-state index in [0.717, 1.165) is 18.2 Å². The topological polar surface area (TPSA) is 74.7 Å². The molecule has 0 aromatic carbocycles. The van der Waals surface area contributed by atoms with Crippen LogP contribution in [0.3, 0.4) is 0 Å². The normalized spacial score (nSPS) is 30.9. The van der Waals surface area contributed by atoms with E-state index in [1.807, 2.05) is 0 Å². The van der Waals surface area contributed by atoms with E-state index in [0.29, 0.717) is 41.4 Å². The van der Waals surface area contributed by atoms with Gasteiger partial charge in [0.1, 0.15) is 6.54 Å². The smallest absolute Gasteiger partial charge is 0.323 e. The summed E-state index contributed by atoms with van der Waals surface area (Å²) in [5.74, 6) is 1.16. The maximum atomic E-state index is 12.7. The first-order chi connectivity index (χ1) is 11.5. The van der Waals surface area contributed by atoms with Crippen molar-refractivity contribution >= 4 is 28.8 Å². The van der Waals surface area contributed by atoms with Gasteiger partial charge in [0.15, 0.2) is 5.12 Å². The van der Waals surface area contributed by atoms with Gasteiger partial charge in [-0.3, -0.25) is 14.4 Å². The Kier molecular flexibility index (Phi) is 6.23. The first-order valence-electron chi connectivity index (χ1n) is 9.18. The fourth-order valence-electron chi connectivity index (χ4n) is 4.80. The van der Waals surface area contributed by atoms with Crippen LogP contribution in [0.2, 0.25) is 0 Å². The average Bonchev–Trinajstić information content (AvgIpc) is 2.51. The van der Waals surface area contributed by atoms with Crippen molar-refractivity contribution in [2.45, 2.75) is 47.5 Å². The van der Waals surface area contributed by atoms with Gasteiger partial charge < -0.3 is 10.0 Å². The molecule has 3 saturated carbocycles. The molecular weight excluding hydrogens is 338 g/mol. The SMILES string of the molecule is CC(=O)SCC(C)C(=O)N(CC(=O)O)CC1CC2CC(C1C)C2(C)C. The van der Waals surface area contributed by atoms with E-state index in [-0.39, 0.29) is 23.5 Å². The van der Waals surface area contributed by atoms with Gasteiger partial charge in [-0.05, 0) is 41.9 Å². The lowest BCUT2D eigenvalue weighted by Gasteiger charge is -2.62. The number of fused-ring (bicyclic) bond motifs is 2. The van der Waals surface area contributed by atoms with E-state index in [1.165, 1.54) is 18.2 Å². The molecule has 1 amide bonds. The molecule has 25 heavy (non-hydrogen) atoms. The van der Waals surface area contributed by atoms with Crippen LogP contribution in [0.1, 0.15) is 47.5 Å². The van der Waals surface area contributed by atoms with Crippen LogP contribution in [-0.2, 0) is 14.4 Å². The number of carboxylic acid groups (broad SMARTS) is 1. The number of carboxylic acids is 1. The highest BCUT2D eigenvalue weighted by Gasteiger charge is 2.56. The van der Waals surface area contributed by atoms with Gasteiger partial charge in [0, 0.05) is 25.1 Å². The molecule has 5 atom stereocenters. The lowest BCUT2D eigenvalue weighted by Crippen LogP contribution is -2.57. The second kappa shape index (κ2) is 7.68. The third kappa shape index (κ3) is 4.39. The number of nitrogens with zero attached hydrogens (tertiary/aromatic N) is 1. The summed E-state index contributed by atoms with van der Waals surface area (Å²) in [7, 11) is 0. The molecule has 1 N–H and O–H groups in total. The summed E-state index contributed by atoms with van der Waals surface area (Å²) < 4.78 is 0. The fourth-order valence-corrected chi connectivity index (χ4v) is 5.43. The highest BCUT2D eigenvalue weighted by molar-refractivity contribution is 8.13. The third-order valence-corrected chi connectivity index (χ3v) is 7.64. The lowest BCUT2D eigenvalue weighted by molar-refractivity contribution is -0.153. The highest BCUT2D eigenvalue weighted by atomic mass is 32.2. The number of thioether (sulfide) groups is 1. The molecule has 142 valence electrons. The maximum Gasteiger partial charge on any atom is 0.323 e. The van der Waals surface area contributed by atoms with E-state index in [1.54, 1.807) is 6.92 Å². The van der Waals surface area contributed by atoms with Gasteiger partial charge in [-0.15, -0.1) is 0 Å². The Morgan fingerprint density at radius 2 is 1.92 bits per heavy atom. The van der Waals surface area contributed by atoms with Crippen molar-refractivity contribution in [3.05, 3.63) is 0 Å². The number of carbonyl (C=O) groups is 3. The zero-order valence-corrected chi connectivity index (χ0v) is 16.8. The summed E-state index contributed by atoms with van der Waals surface area (Å²) in [4.78, 5) is 36.6. The van der Waals surface area contributed by atoms with Crippen LogP contribution < -0.4 is 0 Å². The molecule has 0 spiro atoms.